The van der Waals surface area contributed by atoms with Crippen LogP contribution in [0.25, 0.3) is 10.2 Å². The molecule has 2 aromatic heterocycles. The molecule has 0 amide bonds. The Labute approximate surface area is 116 Å². The smallest absolute Gasteiger partial charge is 0.308 e. The van der Waals surface area contributed by atoms with Gasteiger partial charge in [0.25, 0.3) is 5.95 Å². The number of aliphatic imine (C=N–C) groups is 1. The van der Waals surface area contributed by atoms with E-state index < -0.39 is 5.90 Å². The number of aryl methyl sites for hydroxylation is 1. The number of tetrazole rings is 1. The van der Waals surface area contributed by atoms with Crippen LogP contribution in [0.15, 0.2) is 34.1 Å². The van der Waals surface area contributed by atoms with Crippen molar-refractivity contribution in [1.29, 1.82) is 0 Å². The number of nitrogens with zero attached hydrogens (tertiary/aromatic N) is 5. The summed E-state index contributed by atoms with van der Waals surface area (Å²) in [5, 5.41) is 24.3. The van der Waals surface area contributed by atoms with Gasteiger partial charge in [0.15, 0.2) is 0 Å². The van der Waals surface area contributed by atoms with Gasteiger partial charge in [-0.3, -0.25) is 9.36 Å². The Morgan fingerprint density at radius 2 is 2.30 bits per heavy atom. The summed E-state index contributed by atoms with van der Waals surface area (Å²) in [6.45, 7) is 0.281. The highest BCUT2D eigenvalue weighted by Gasteiger charge is 2.06. The van der Waals surface area contributed by atoms with E-state index in [9.17, 15) is 9.90 Å². The first-order chi connectivity index (χ1) is 9.74. The molecule has 3 rings (SSSR count). The van der Waals surface area contributed by atoms with Crippen LogP contribution in [0.2, 0.25) is 0 Å². The molecule has 8 nitrogen and oxygen atoms in total. The molecule has 0 fully saturated rings. The molecule has 3 aromatic rings. The van der Waals surface area contributed by atoms with Crippen molar-refractivity contribution >= 4 is 33.4 Å². The number of rotatable bonds is 4. The zero-order valence-corrected chi connectivity index (χ0v) is 11.0. The predicted octanol–water partition coefficient (Wildman–Crippen LogP) is 0.0567. The van der Waals surface area contributed by atoms with Gasteiger partial charge in [-0.1, -0.05) is 28.6 Å². The summed E-state index contributed by atoms with van der Waals surface area (Å²) >= 11 is 1.16. The largest absolute Gasteiger partial charge is 0.862 e. The number of thiazole rings is 1. The summed E-state index contributed by atoms with van der Waals surface area (Å²) in [5.41, 5.74) is 0.829. The van der Waals surface area contributed by atoms with Crippen LogP contribution in [-0.4, -0.2) is 31.1 Å². The van der Waals surface area contributed by atoms with Crippen LogP contribution in [0, 0.1) is 0 Å². The van der Waals surface area contributed by atoms with E-state index in [4.69, 9.17) is 0 Å². The second-order valence-electron chi connectivity index (χ2n) is 3.95. The lowest BCUT2D eigenvalue weighted by atomic mass is 10.3. The molecule has 0 bridgehead atoms. The van der Waals surface area contributed by atoms with Crippen molar-refractivity contribution in [2.75, 3.05) is 0 Å². The second kappa shape index (κ2) is 5.21. The van der Waals surface area contributed by atoms with Gasteiger partial charge in [-0.05, 0) is 29.7 Å². The number of para-hydroxylation sites is 1. The van der Waals surface area contributed by atoms with Crippen LogP contribution >= 0.6 is 11.3 Å². The highest BCUT2D eigenvalue weighted by molar-refractivity contribution is 7.16. The molecule has 20 heavy (non-hydrogen) atoms. The van der Waals surface area contributed by atoms with Crippen LogP contribution in [-0.2, 0) is 6.54 Å². The molecule has 0 saturated heterocycles. The van der Waals surface area contributed by atoms with E-state index in [1.165, 1.54) is 0 Å². The predicted molar refractivity (Wildman–Crippen MR) is 72.0 cm³/mol. The molecule has 0 saturated carbocycles. The fourth-order valence-electron chi connectivity index (χ4n) is 1.80. The first-order valence-electron chi connectivity index (χ1n) is 5.80. The fourth-order valence-corrected chi connectivity index (χ4v) is 2.72. The van der Waals surface area contributed by atoms with Gasteiger partial charge in [0.05, 0.1) is 10.2 Å². The quantitative estimate of drug-likeness (QED) is 0.539. The van der Waals surface area contributed by atoms with Gasteiger partial charge in [0, 0.05) is 6.54 Å². The van der Waals surface area contributed by atoms with Crippen molar-refractivity contribution < 1.29 is 5.11 Å². The topological polar surface area (TPSA) is 112 Å². The number of nitrogens with one attached hydrogen (secondary N) is 1. The second-order valence-corrected chi connectivity index (χ2v) is 4.95. The zero-order chi connectivity index (χ0) is 13.9. The zero-order valence-electron chi connectivity index (χ0n) is 10.2. The fraction of sp³-hybridized carbons (Fsp3) is 0.182. The van der Waals surface area contributed by atoms with Crippen molar-refractivity contribution in [2.24, 2.45) is 4.99 Å². The highest BCUT2D eigenvalue weighted by atomic mass is 32.1. The van der Waals surface area contributed by atoms with Gasteiger partial charge < -0.3 is 5.11 Å². The lowest BCUT2D eigenvalue weighted by Crippen LogP contribution is -2.22. The summed E-state index contributed by atoms with van der Waals surface area (Å²) in [6, 6.07) is 7.47. The normalized spacial score (nSPS) is 12.1. The summed E-state index contributed by atoms with van der Waals surface area (Å²) in [5.74, 6) is -0.397. The summed E-state index contributed by atoms with van der Waals surface area (Å²) in [7, 11) is 0. The van der Waals surface area contributed by atoms with E-state index in [2.05, 4.69) is 25.6 Å². The van der Waals surface area contributed by atoms with Gasteiger partial charge in [-0.15, -0.1) is 5.10 Å². The van der Waals surface area contributed by atoms with Crippen molar-refractivity contribution in [1.82, 2.24) is 25.2 Å². The molecule has 0 atom stereocenters. The van der Waals surface area contributed by atoms with Crippen LogP contribution in [0.4, 0.5) is 5.95 Å². The summed E-state index contributed by atoms with van der Waals surface area (Å²) < 4.78 is 2.48. The van der Waals surface area contributed by atoms with Gasteiger partial charge in [-0.2, -0.15) is 5.21 Å². The van der Waals surface area contributed by atoms with Gasteiger partial charge in [-0.25, -0.2) is 4.99 Å². The minimum Gasteiger partial charge on any atom is -0.862 e. The number of aromatic amines is 1. The van der Waals surface area contributed by atoms with E-state index in [1.54, 1.807) is 4.57 Å². The SMILES string of the molecule is O=c1sc2ccccc2n1CCC([O-])=Nc1nn[nH]n1. The first-order valence-corrected chi connectivity index (χ1v) is 6.62. The number of aromatic nitrogens is 5. The number of hydrogen-bond acceptors (Lipinski definition) is 7. The minimum absolute atomic E-state index is 0.00229. The number of H-pyrrole nitrogens is 1. The summed E-state index contributed by atoms with van der Waals surface area (Å²) in [4.78, 5) is 15.4. The maximum Gasteiger partial charge on any atom is 0.308 e. The third-order valence-electron chi connectivity index (χ3n) is 2.68. The molecule has 0 aliphatic carbocycles. The molecule has 0 unspecified atom stereocenters. The average molecular weight is 289 g/mol. The third kappa shape index (κ3) is 2.43. The van der Waals surface area contributed by atoms with Gasteiger partial charge in [0.1, 0.15) is 0 Å². The van der Waals surface area contributed by atoms with Crippen LogP contribution in [0.3, 0.4) is 0 Å². The van der Waals surface area contributed by atoms with Gasteiger partial charge in [0.2, 0.25) is 0 Å². The van der Waals surface area contributed by atoms with Crippen LogP contribution in [0.5, 0.6) is 0 Å². The maximum absolute atomic E-state index is 11.9. The summed E-state index contributed by atoms with van der Waals surface area (Å²) in [6.07, 6.45) is 0.106. The lowest BCUT2D eigenvalue weighted by molar-refractivity contribution is -0.218. The van der Waals surface area contributed by atoms with Crippen molar-refractivity contribution in [3.05, 3.63) is 33.9 Å². The van der Waals surface area contributed by atoms with Crippen molar-refractivity contribution in [3.63, 3.8) is 0 Å². The van der Waals surface area contributed by atoms with Crippen LogP contribution in [0.1, 0.15) is 6.42 Å². The van der Waals surface area contributed by atoms with E-state index in [-0.39, 0.29) is 23.8 Å². The molecule has 2 heterocycles. The number of hydrogen-bond donors (Lipinski definition) is 1. The Kier molecular flexibility index (Phi) is 3.25. The molecular weight excluding hydrogens is 280 g/mol. The minimum atomic E-state index is -0.395. The molecular formula is C11H9N6O2S-. The number of benzene rings is 1. The Bertz CT molecular complexity index is 804. The lowest BCUT2D eigenvalue weighted by Gasteiger charge is -2.09. The van der Waals surface area contributed by atoms with Crippen molar-refractivity contribution in [2.45, 2.75) is 13.0 Å². The Balaban J connectivity index is 1.80. The molecule has 0 radical (unpaired) electrons. The molecule has 0 spiro atoms. The third-order valence-corrected chi connectivity index (χ3v) is 3.64. The molecule has 9 heteroatoms. The molecule has 0 aliphatic rings. The Hall–Kier alpha value is -2.55. The monoisotopic (exact) mass is 289 g/mol. The number of fused-ring (bicyclic) bond motifs is 1. The molecule has 102 valence electrons. The average Bonchev–Trinajstić information content (AvgIpc) is 3.03. The van der Waals surface area contributed by atoms with E-state index in [0.29, 0.717) is 0 Å². The molecule has 0 aliphatic heterocycles. The standard InChI is InChI=1S/C11H10N6O2S/c18-9(12-10-13-15-16-14-10)5-6-17-7-3-1-2-4-8(7)20-11(17)19/h1-4H,5-6H2,(H2,12,13,14,15,16,18)/p-1. The molecule has 1 N–H and O–H groups in total. The molecule has 1 aromatic carbocycles. The maximum atomic E-state index is 11.9. The first kappa shape index (κ1) is 12.5. The van der Waals surface area contributed by atoms with Crippen molar-refractivity contribution in [3.8, 4) is 0 Å². The van der Waals surface area contributed by atoms with Crippen LogP contribution < -0.4 is 9.98 Å². The van der Waals surface area contributed by atoms with E-state index in [1.807, 2.05) is 24.3 Å². The Morgan fingerprint density at radius 1 is 1.45 bits per heavy atom. The van der Waals surface area contributed by atoms with E-state index >= 15 is 0 Å². The highest BCUT2D eigenvalue weighted by Crippen LogP contribution is 2.16. The van der Waals surface area contributed by atoms with E-state index in [0.717, 1.165) is 21.6 Å². The Morgan fingerprint density at radius 3 is 3.10 bits per heavy atom. The van der Waals surface area contributed by atoms with Gasteiger partial charge >= 0.3 is 4.87 Å².